The molecule has 0 aliphatic carbocycles. The van der Waals surface area contributed by atoms with Crippen molar-refractivity contribution >= 4 is 0 Å². The zero-order valence-electron chi connectivity index (χ0n) is 9.64. The maximum atomic E-state index is 5.69. The van der Waals surface area contributed by atoms with Crippen LogP contribution in [0.5, 0.6) is 0 Å². The minimum absolute atomic E-state index is 0.538. The van der Waals surface area contributed by atoms with Crippen LogP contribution in [-0.4, -0.2) is 12.7 Å². The summed E-state index contributed by atoms with van der Waals surface area (Å²) in [5.41, 5.74) is 0. The van der Waals surface area contributed by atoms with Crippen LogP contribution in [0.2, 0.25) is 0 Å². The molecule has 0 amide bonds. The van der Waals surface area contributed by atoms with Crippen molar-refractivity contribution in [2.45, 2.75) is 71.8 Å². The molecule has 1 unspecified atom stereocenters. The van der Waals surface area contributed by atoms with E-state index in [1.807, 2.05) is 0 Å². The second kappa shape index (κ2) is 10.0. The maximum absolute atomic E-state index is 5.69. The van der Waals surface area contributed by atoms with E-state index in [9.17, 15) is 0 Å². The Morgan fingerprint density at radius 1 is 0.846 bits per heavy atom. The number of ether oxygens (including phenoxy) is 1. The maximum Gasteiger partial charge on any atom is 0.0575 e. The summed E-state index contributed by atoms with van der Waals surface area (Å²) in [5, 5.41) is 0. The molecule has 80 valence electrons. The molecule has 0 N–H and O–H groups in total. The Balaban J connectivity index is 3.41. The van der Waals surface area contributed by atoms with Crippen molar-refractivity contribution in [3.8, 4) is 0 Å². The minimum Gasteiger partial charge on any atom is -0.379 e. The van der Waals surface area contributed by atoms with Gasteiger partial charge in [0.15, 0.2) is 0 Å². The van der Waals surface area contributed by atoms with Crippen molar-refractivity contribution in [3.05, 3.63) is 0 Å². The van der Waals surface area contributed by atoms with Gasteiger partial charge in [-0.05, 0) is 19.8 Å². The molecule has 0 saturated heterocycles. The van der Waals surface area contributed by atoms with Crippen molar-refractivity contribution in [1.29, 1.82) is 0 Å². The van der Waals surface area contributed by atoms with E-state index in [1.165, 1.54) is 44.9 Å². The summed E-state index contributed by atoms with van der Waals surface area (Å²) in [6, 6.07) is 0. The molecule has 0 saturated carbocycles. The van der Waals surface area contributed by atoms with Crippen LogP contribution in [0.1, 0.15) is 65.7 Å². The van der Waals surface area contributed by atoms with Crippen molar-refractivity contribution in [2.24, 2.45) is 0 Å². The van der Waals surface area contributed by atoms with Crippen LogP contribution in [0.4, 0.5) is 0 Å². The second-order valence-corrected chi connectivity index (χ2v) is 3.72. The van der Waals surface area contributed by atoms with Gasteiger partial charge in [-0.3, -0.25) is 0 Å². The predicted molar refractivity (Wildman–Crippen MR) is 59.1 cm³/mol. The lowest BCUT2D eigenvalue weighted by Crippen LogP contribution is -2.12. The van der Waals surface area contributed by atoms with E-state index in [0.29, 0.717) is 6.10 Å². The van der Waals surface area contributed by atoms with E-state index < -0.39 is 0 Å². The Kier molecular flexibility index (Phi) is 10.0. The second-order valence-electron chi connectivity index (χ2n) is 3.72. The molecule has 0 radical (unpaired) electrons. The highest BCUT2D eigenvalue weighted by Crippen LogP contribution is 2.13. The molecule has 0 fully saturated rings. The Bertz CT molecular complexity index is 91.1. The fourth-order valence-electron chi connectivity index (χ4n) is 1.60. The summed E-state index contributed by atoms with van der Waals surface area (Å²) in [5.74, 6) is 0. The van der Waals surface area contributed by atoms with Gasteiger partial charge in [0.1, 0.15) is 0 Å². The molecule has 0 aromatic rings. The molecule has 0 heterocycles. The Labute approximate surface area is 83.9 Å². The van der Waals surface area contributed by atoms with Gasteiger partial charge in [-0.2, -0.15) is 0 Å². The smallest absolute Gasteiger partial charge is 0.0575 e. The molecular formula is C12H26O. The molecule has 1 atom stereocenters. The highest BCUT2D eigenvalue weighted by Gasteiger charge is 2.06. The van der Waals surface area contributed by atoms with Crippen LogP contribution in [0.15, 0.2) is 0 Å². The number of rotatable bonds is 9. The summed E-state index contributed by atoms with van der Waals surface area (Å²) < 4.78 is 5.69. The zero-order chi connectivity index (χ0) is 9.94. The number of hydrogen-bond donors (Lipinski definition) is 0. The van der Waals surface area contributed by atoms with E-state index in [1.54, 1.807) is 0 Å². The summed E-state index contributed by atoms with van der Waals surface area (Å²) >= 11 is 0. The fourth-order valence-corrected chi connectivity index (χ4v) is 1.60. The van der Waals surface area contributed by atoms with Gasteiger partial charge in [0.2, 0.25) is 0 Å². The van der Waals surface area contributed by atoms with E-state index >= 15 is 0 Å². The lowest BCUT2D eigenvalue weighted by Gasteiger charge is -2.16. The van der Waals surface area contributed by atoms with Gasteiger partial charge in [0.25, 0.3) is 0 Å². The van der Waals surface area contributed by atoms with Crippen molar-refractivity contribution in [1.82, 2.24) is 0 Å². The highest BCUT2D eigenvalue weighted by molar-refractivity contribution is 4.58. The number of unbranched alkanes of at least 4 members (excludes halogenated alkanes) is 3. The summed E-state index contributed by atoms with van der Waals surface area (Å²) in [6.45, 7) is 7.47. The Morgan fingerprint density at radius 3 is 2.00 bits per heavy atom. The van der Waals surface area contributed by atoms with Gasteiger partial charge >= 0.3 is 0 Å². The normalized spacial score (nSPS) is 13.2. The molecule has 0 aromatic carbocycles. The number of hydrogen-bond acceptors (Lipinski definition) is 1. The van der Waals surface area contributed by atoms with Gasteiger partial charge < -0.3 is 4.74 Å². The molecule has 0 spiro atoms. The molecular weight excluding hydrogens is 160 g/mol. The van der Waals surface area contributed by atoms with Gasteiger partial charge in [-0.1, -0.05) is 46.0 Å². The fraction of sp³-hybridized carbons (Fsp3) is 1.00. The average molecular weight is 186 g/mol. The molecule has 1 heteroatoms. The highest BCUT2D eigenvalue weighted by atomic mass is 16.5. The van der Waals surface area contributed by atoms with Gasteiger partial charge in [-0.25, -0.2) is 0 Å². The van der Waals surface area contributed by atoms with E-state index in [4.69, 9.17) is 4.74 Å². The molecule has 0 bridgehead atoms. The third-order valence-corrected chi connectivity index (χ3v) is 2.41. The predicted octanol–water partition coefficient (Wildman–Crippen LogP) is 4.16. The standard InChI is InChI=1S/C12H26O/c1-4-7-9-11-12(13-6-3)10-8-5-2/h12H,4-11H2,1-3H3. The monoisotopic (exact) mass is 186 g/mol. The quantitative estimate of drug-likeness (QED) is 0.491. The van der Waals surface area contributed by atoms with E-state index in [0.717, 1.165) is 6.61 Å². The first-order valence-electron chi connectivity index (χ1n) is 5.96. The van der Waals surface area contributed by atoms with Crippen molar-refractivity contribution in [2.75, 3.05) is 6.61 Å². The van der Waals surface area contributed by atoms with Crippen LogP contribution in [-0.2, 0) is 4.74 Å². The third-order valence-electron chi connectivity index (χ3n) is 2.41. The summed E-state index contributed by atoms with van der Waals surface area (Å²) in [7, 11) is 0. The molecule has 13 heavy (non-hydrogen) atoms. The van der Waals surface area contributed by atoms with Gasteiger partial charge in [-0.15, -0.1) is 0 Å². The molecule has 0 aromatic heterocycles. The van der Waals surface area contributed by atoms with Crippen LogP contribution < -0.4 is 0 Å². The first-order chi connectivity index (χ1) is 6.35. The first kappa shape index (κ1) is 13.0. The lowest BCUT2D eigenvalue weighted by atomic mass is 10.1. The zero-order valence-corrected chi connectivity index (χ0v) is 9.64. The molecule has 0 aliphatic heterocycles. The third kappa shape index (κ3) is 8.29. The average Bonchev–Trinajstić information content (AvgIpc) is 2.14. The van der Waals surface area contributed by atoms with E-state index in [-0.39, 0.29) is 0 Å². The van der Waals surface area contributed by atoms with E-state index in [2.05, 4.69) is 20.8 Å². The van der Waals surface area contributed by atoms with Crippen LogP contribution >= 0.6 is 0 Å². The molecule has 1 nitrogen and oxygen atoms in total. The van der Waals surface area contributed by atoms with Crippen molar-refractivity contribution < 1.29 is 4.74 Å². The van der Waals surface area contributed by atoms with Crippen molar-refractivity contribution in [3.63, 3.8) is 0 Å². The molecule has 0 aliphatic rings. The SMILES string of the molecule is CCCCCC(CCCC)OCC. The molecule has 0 rings (SSSR count). The largest absolute Gasteiger partial charge is 0.379 e. The topological polar surface area (TPSA) is 9.23 Å². The van der Waals surface area contributed by atoms with Gasteiger partial charge in [0.05, 0.1) is 6.10 Å². The van der Waals surface area contributed by atoms with Gasteiger partial charge in [0, 0.05) is 6.61 Å². The first-order valence-corrected chi connectivity index (χ1v) is 5.96. The lowest BCUT2D eigenvalue weighted by molar-refractivity contribution is 0.0474. The Morgan fingerprint density at radius 2 is 1.46 bits per heavy atom. The van der Waals surface area contributed by atoms with Crippen LogP contribution in [0.25, 0.3) is 0 Å². The Hall–Kier alpha value is -0.0400. The summed E-state index contributed by atoms with van der Waals surface area (Å²) in [4.78, 5) is 0. The van der Waals surface area contributed by atoms with Crippen LogP contribution in [0.3, 0.4) is 0 Å². The summed E-state index contributed by atoms with van der Waals surface area (Å²) in [6.07, 6.45) is 9.67. The minimum atomic E-state index is 0.538. The van der Waals surface area contributed by atoms with Crippen LogP contribution in [0, 0.1) is 0 Å².